The van der Waals surface area contributed by atoms with Crippen molar-refractivity contribution < 1.29 is 9.90 Å². The van der Waals surface area contributed by atoms with E-state index in [1.807, 2.05) is 25.1 Å². The minimum Gasteiger partial charge on any atom is -0.389 e. The van der Waals surface area contributed by atoms with Gasteiger partial charge in [0.15, 0.2) is 0 Å². The molecule has 5 heteroatoms. The topological polar surface area (TPSA) is 55.8 Å². The van der Waals surface area contributed by atoms with Crippen LogP contribution in [0.25, 0.3) is 0 Å². The Balaban J connectivity index is 2.02. The summed E-state index contributed by atoms with van der Waals surface area (Å²) in [4.78, 5) is 16.4. The molecule has 0 aliphatic carbocycles. The Bertz CT molecular complexity index is 519. The first kappa shape index (κ1) is 17.6. The monoisotopic (exact) mass is 319 g/mol. The molecule has 0 radical (unpaired) electrons. The lowest BCUT2D eigenvalue weighted by Crippen LogP contribution is -2.44. The molecule has 1 aromatic rings. The van der Waals surface area contributed by atoms with Crippen LogP contribution in [0.3, 0.4) is 0 Å². The van der Waals surface area contributed by atoms with Crippen LogP contribution in [-0.2, 0) is 0 Å². The summed E-state index contributed by atoms with van der Waals surface area (Å²) in [5.41, 5.74) is 1.06. The highest BCUT2D eigenvalue weighted by atomic mass is 16.3. The summed E-state index contributed by atoms with van der Waals surface area (Å²) in [5.74, 6) is 0. The Morgan fingerprint density at radius 3 is 2.61 bits per heavy atom. The second-order valence-electron chi connectivity index (χ2n) is 6.85. The molecule has 0 atom stereocenters. The number of urea groups is 1. The van der Waals surface area contributed by atoms with E-state index in [0.29, 0.717) is 13.1 Å². The highest BCUT2D eigenvalue weighted by molar-refractivity contribution is 5.90. The minimum absolute atomic E-state index is 0.176. The summed E-state index contributed by atoms with van der Waals surface area (Å²) in [6.45, 7) is 8.35. The Labute approximate surface area is 139 Å². The molecule has 1 aromatic carbocycles. The SMILES string of the molecule is CCN(CC(C)(C)O)C(=O)Nc1cccc(N2CCCCC2)c1. The molecule has 1 fully saturated rings. The average Bonchev–Trinajstić information content (AvgIpc) is 2.53. The molecule has 1 heterocycles. The van der Waals surface area contributed by atoms with Crippen LogP contribution in [0.5, 0.6) is 0 Å². The van der Waals surface area contributed by atoms with Crippen LogP contribution in [0.2, 0.25) is 0 Å². The number of rotatable bonds is 5. The molecule has 1 aliphatic rings. The van der Waals surface area contributed by atoms with Crippen molar-refractivity contribution in [3.8, 4) is 0 Å². The largest absolute Gasteiger partial charge is 0.389 e. The summed E-state index contributed by atoms with van der Waals surface area (Å²) in [6.07, 6.45) is 3.76. The Hall–Kier alpha value is -1.75. The van der Waals surface area contributed by atoms with Crippen molar-refractivity contribution >= 4 is 17.4 Å². The summed E-state index contributed by atoms with van der Waals surface area (Å²) in [7, 11) is 0. The number of likely N-dealkylation sites (N-methyl/N-ethyl adjacent to an activating group) is 1. The molecular formula is C18H29N3O2. The van der Waals surface area contributed by atoms with Gasteiger partial charge in [0.05, 0.1) is 12.1 Å². The van der Waals surface area contributed by atoms with Crippen molar-refractivity contribution in [2.45, 2.75) is 45.6 Å². The van der Waals surface area contributed by atoms with E-state index in [4.69, 9.17) is 0 Å². The number of benzene rings is 1. The van der Waals surface area contributed by atoms with Gasteiger partial charge in [0, 0.05) is 31.0 Å². The lowest BCUT2D eigenvalue weighted by molar-refractivity contribution is 0.0501. The van der Waals surface area contributed by atoms with Crippen molar-refractivity contribution in [3.05, 3.63) is 24.3 Å². The van der Waals surface area contributed by atoms with E-state index in [1.54, 1.807) is 18.7 Å². The number of piperidine rings is 1. The summed E-state index contributed by atoms with van der Waals surface area (Å²) < 4.78 is 0. The maximum atomic E-state index is 12.4. The molecule has 0 aromatic heterocycles. The molecule has 23 heavy (non-hydrogen) atoms. The minimum atomic E-state index is -0.900. The predicted molar refractivity (Wildman–Crippen MR) is 95.1 cm³/mol. The van der Waals surface area contributed by atoms with Crippen LogP contribution in [0.15, 0.2) is 24.3 Å². The lowest BCUT2D eigenvalue weighted by atomic mass is 10.1. The van der Waals surface area contributed by atoms with Gasteiger partial charge in [0.25, 0.3) is 0 Å². The van der Waals surface area contributed by atoms with Crippen LogP contribution < -0.4 is 10.2 Å². The van der Waals surface area contributed by atoms with Crippen molar-refractivity contribution in [1.29, 1.82) is 0 Å². The molecule has 0 bridgehead atoms. The molecule has 128 valence electrons. The number of carbonyl (C=O) groups excluding carboxylic acids is 1. The highest BCUT2D eigenvalue weighted by Crippen LogP contribution is 2.23. The van der Waals surface area contributed by atoms with E-state index in [1.165, 1.54) is 19.3 Å². The fraction of sp³-hybridized carbons (Fsp3) is 0.611. The number of nitrogens with one attached hydrogen (secondary N) is 1. The maximum absolute atomic E-state index is 12.4. The van der Waals surface area contributed by atoms with Gasteiger partial charge in [0.1, 0.15) is 0 Å². The van der Waals surface area contributed by atoms with Gasteiger partial charge in [-0.2, -0.15) is 0 Å². The van der Waals surface area contributed by atoms with E-state index in [2.05, 4.69) is 16.3 Å². The summed E-state index contributed by atoms with van der Waals surface area (Å²) in [6, 6.07) is 7.83. The molecule has 1 aliphatic heterocycles. The second kappa shape index (κ2) is 7.68. The first-order chi connectivity index (χ1) is 10.9. The first-order valence-electron chi connectivity index (χ1n) is 8.52. The average molecular weight is 319 g/mol. The Morgan fingerprint density at radius 2 is 2.00 bits per heavy atom. The van der Waals surface area contributed by atoms with Gasteiger partial charge in [-0.1, -0.05) is 6.07 Å². The van der Waals surface area contributed by atoms with Gasteiger partial charge in [-0.05, 0) is 58.2 Å². The van der Waals surface area contributed by atoms with Gasteiger partial charge < -0.3 is 20.2 Å². The number of hydrogen-bond acceptors (Lipinski definition) is 3. The van der Waals surface area contributed by atoms with Gasteiger partial charge in [-0.3, -0.25) is 0 Å². The Kier molecular flexibility index (Phi) is 5.88. The lowest BCUT2D eigenvalue weighted by Gasteiger charge is -2.30. The third kappa shape index (κ3) is 5.43. The second-order valence-corrected chi connectivity index (χ2v) is 6.85. The van der Waals surface area contributed by atoms with Crippen LogP contribution in [0.4, 0.5) is 16.2 Å². The van der Waals surface area contributed by atoms with E-state index < -0.39 is 5.60 Å². The van der Waals surface area contributed by atoms with Crippen molar-refractivity contribution in [1.82, 2.24) is 4.90 Å². The van der Waals surface area contributed by atoms with Crippen LogP contribution in [0.1, 0.15) is 40.0 Å². The zero-order valence-electron chi connectivity index (χ0n) is 14.5. The highest BCUT2D eigenvalue weighted by Gasteiger charge is 2.21. The van der Waals surface area contributed by atoms with Gasteiger partial charge in [-0.15, -0.1) is 0 Å². The van der Waals surface area contributed by atoms with E-state index >= 15 is 0 Å². The number of carbonyl (C=O) groups is 1. The fourth-order valence-corrected chi connectivity index (χ4v) is 2.93. The van der Waals surface area contributed by atoms with Gasteiger partial charge in [0.2, 0.25) is 0 Å². The van der Waals surface area contributed by atoms with Gasteiger partial charge >= 0.3 is 6.03 Å². The third-order valence-corrected chi connectivity index (χ3v) is 4.07. The van der Waals surface area contributed by atoms with Crippen LogP contribution >= 0.6 is 0 Å². The Morgan fingerprint density at radius 1 is 1.30 bits per heavy atom. The zero-order valence-corrected chi connectivity index (χ0v) is 14.5. The number of aliphatic hydroxyl groups is 1. The maximum Gasteiger partial charge on any atom is 0.321 e. The fourth-order valence-electron chi connectivity index (χ4n) is 2.93. The quantitative estimate of drug-likeness (QED) is 0.875. The first-order valence-corrected chi connectivity index (χ1v) is 8.52. The van der Waals surface area contributed by atoms with Crippen molar-refractivity contribution in [2.75, 3.05) is 36.4 Å². The molecule has 2 amide bonds. The normalized spacial score (nSPS) is 15.4. The van der Waals surface area contributed by atoms with E-state index in [-0.39, 0.29) is 6.03 Å². The molecule has 2 rings (SSSR count). The molecular weight excluding hydrogens is 290 g/mol. The zero-order chi connectivity index (χ0) is 16.9. The molecule has 5 nitrogen and oxygen atoms in total. The smallest absolute Gasteiger partial charge is 0.321 e. The van der Waals surface area contributed by atoms with E-state index in [0.717, 1.165) is 24.5 Å². The summed E-state index contributed by atoms with van der Waals surface area (Å²) in [5, 5.41) is 12.9. The summed E-state index contributed by atoms with van der Waals surface area (Å²) >= 11 is 0. The van der Waals surface area contributed by atoms with E-state index in [9.17, 15) is 9.90 Å². The molecule has 0 unspecified atom stereocenters. The molecule has 0 spiro atoms. The molecule has 1 saturated heterocycles. The number of anilines is 2. The van der Waals surface area contributed by atoms with Gasteiger partial charge in [-0.25, -0.2) is 4.79 Å². The van der Waals surface area contributed by atoms with Crippen LogP contribution in [-0.4, -0.2) is 47.8 Å². The number of hydrogen-bond donors (Lipinski definition) is 2. The van der Waals surface area contributed by atoms with Crippen molar-refractivity contribution in [3.63, 3.8) is 0 Å². The molecule has 2 N–H and O–H groups in total. The number of nitrogens with zero attached hydrogens (tertiary/aromatic N) is 2. The number of amides is 2. The van der Waals surface area contributed by atoms with Crippen LogP contribution in [0, 0.1) is 0 Å². The molecule has 0 saturated carbocycles. The van der Waals surface area contributed by atoms with Crippen molar-refractivity contribution in [2.24, 2.45) is 0 Å². The standard InChI is InChI=1S/C18H29N3O2/c1-4-20(14-18(2,3)23)17(22)19-15-9-8-10-16(13-15)21-11-6-5-7-12-21/h8-10,13,23H,4-7,11-12,14H2,1-3H3,(H,19,22). The predicted octanol–water partition coefficient (Wildman–Crippen LogP) is 3.30. The third-order valence-electron chi connectivity index (χ3n) is 4.07.